The summed E-state index contributed by atoms with van der Waals surface area (Å²) < 4.78 is 5.11. The zero-order chi connectivity index (χ0) is 17.6. The van der Waals surface area contributed by atoms with Crippen LogP contribution in [0.2, 0.25) is 0 Å². The van der Waals surface area contributed by atoms with Crippen LogP contribution in [0.1, 0.15) is 37.0 Å². The highest BCUT2D eigenvalue weighted by atomic mass is 16.5. The predicted octanol–water partition coefficient (Wildman–Crippen LogP) is 3.63. The van der Waals surface area contributed by atoms with Gasteiger partial charge in [-0.2, -0.15) is 4.98 Å². The molecule has 1 N–H and O–H groups in total. The molecule has 0 atom stereocenters. The van der Waals surface area contributed by atoms with Crippen molar-refractivity contribution < 1.29 is 9.53 Å². The molecule has 1 aromatic carbocycles. The zero-order valence-electron chi connectivity index (χ0n) is 14.7. The highest BCUT2D eigenvalue weighted by Gasteiger charge is 2.18. The van der Waals surface area contributed by atoms with Crippen molar-refractivity contribution in [1.82, 2.24) is 9.97 Å². The first-order valence-electron chi connectivity index (χ1n) is 8.78. The molecule has 1 saturated heterocycles. The van der Waals surface area contributed by atoms with E-state index in [0.717, 1.165) is 24.8 Å². The van der Waals surface area contributed by atoms with Crippen molar-refractivity contribution in [1.29, 1.82) is 0 Å². The molecule has 2 heterocycles. The molecule has 0 saturated carbocycles. The summed E-state index contributed by atoms with van der Waals surface area (Å²) in [4.78, 5) is 23.3. The van der Waals surface area contributed by atoms with Gasteiger partial charge in [0, 0.05) is 19.3 Å². The Kier molecular flexibility index (Phi) is 5.48. The molecular weight excluding hydrogens is 316 g/mol. The van der Waals surface area contributed by atoms with Crippen LogP contribution in [-0.4, -0.2) is 35.6 Å². The van der Waals surface area contributed by atoms with E-state index in [4.69, 9.17) is 4.74 Å². The average Bonchev–Trinajstić information content (AvgIpc) is 2.63. The van der Waals surface area contributed by atoms with Gasteiger partial charge in [0.15, 0.2) is 0 Å². The van der Waals surface area contributed by atoms with E-state index in [1.54, 1.807) is 19.2 Å². The van der Waals surface area contributed by atoms with Crippen LogP contribution in [0.3, 0.4) is 0 Å². The molecule has 0 spiro atoms. The molecule has 1 aromatic heterocycles. The van der Waals surface area contributed by atoms with Gasteiger partial charge in [-0.05, 0) is 43.9 Å². The van der Waals surface area contributed by atoms with Crippen LogP contribution in [0.15, 0.2) is 36.5 Å². The van der Waals surface area contributed by atoms with E-state index in [1.807, 2.05) is 24.3 Å². The first kappa shape index (κ1) is 17.2. The van der Waals surface area contributed by atoms with Gasteiger partial charge in [-0.1, -0.05) is 19.1 Å². The van der Waals surface area contributed by atoms with Crippen LogP contribution in [-0.2, 0) is 4.74 Å². The van der Waals surface area contributed by atoms with Crippen molar-refractivity contribution in [2.24, 2.45) is 5.92 Å². The second kappa shape index (κ2) is 7.96. The Bertz CT molecular complexity index is 727. The molecule has 6 heteroatoms. The number of nitrogens with one attached hydrogen (secondary N) is 1. The van der Waals surface area contributed by atoms with Crippen molar-refractivity contribution in [3.05, 3.63) is 42.1 Å². The Morgan fingerprint density at radius 1 is 1.28 bits per heavy atom. The van der Waals surface area contributed by atoms with E-state index in [2.05, 4.69) is 27.1 Å². The molecule has 0 radical (unpaired) electrons. The maximum absolute atomic E-state index is 12.1. The Hall–Kier alpha value is -2.63. The lowest BCUT2D eigenvalue weighted by Crippen LogP contribution is -2.33. The maximum Gasteiger partial charge on any atom is 0.340 e. The van der Waals surface area contributed by atoms with Crippen molar-refractivity contribution in [2.45, 2.75) is 26.7 Å². The molecule has 132 valence electrons. The van der Waals surface area contributed by atoms with Gasteiger partial charge in [0.05, 0.1) is 17.9 Å². The van der Waals surface area contributed by atoms with Gasteiger partial charge in [-0.25, -0.2) is 9.78 Å². The summed E-state index contributed by atoms with van der Waals surface area (Å²) in [6, 6.07) is 9.16. The zero-order valence-corrected chi connectivity index (χ0v) is 14.7. The predicted molar refractivity (Wildman–Crippen MR) is 98.3 cm³/mol. The van der Waals surface area contributed by atoms with Crippen molar-refractivity contribution in [3.8, 4) is 0 Å². The SMILES string of the molecule is CCOC(=O)c1ccccc1Nc1nccc(N2CCC(C)CC2)n1. The first-order valence-corrected chi connectivity index (χ1v) is 8.78. The Morgan fingerprint density at radius 3 is 2.80 bits per heavy atom. The highest BCUT2D eigenvalue weighted by Crippen LogP contribution is 2.24. The summed E-state index contributed by atoms with van der Waals surface area (Å²) in [5, 5.41) is 3.15. The standard InChI is InChI=1S/C19H24N4O2/c1-3-25-18(24)15-6-4-5-7-16(15)21-19-20-11-8-17(22-19)23-12-9-14(2)10-13-23/h4-8,11,14H,3,9-10,12-13H2,1-2H3,(H,20,21,22). The van der Waals surface area contributed by atoms with Gasteiger partial charge in [-0.3, -0.25) is 0 Å². The number of anilines is 3. The lowest BCUT2D eigenvalue weighted by molar-refractivity contribution is 0.0527. The lowest BCUT2D eigenvalue weighted by atomic mass is 9.99. The van der Waals surface area contributed by atoms with Gasteiger partial charge in [0.2, 0.25) is 5.95 Å². The van der Waals surface area contributed by atoms with E-state index >= 15 is 0 Å². The minimum atomic E-state index is -0.355. The Balaban J connectivity index is 1.78. The van der Waals surface area contributed by atoms with Gasteiger partial charge < -0.3 is 15.0 Å². The maximum atomic E-state index is 12.1. The van der Waals surface area contributed by atoms with Gasteiger partial charge in [0.1, 0.15) is 5.82 Å². The Labute approximate surface area is 148 Å². The number of aromatic nitrogens is 2. The number of carbonyl (C=O) groups excluding carboxylic acids is 1. The van der Waals surface area contributed by atoms with E-state index < -0.39 is 0 Å². The molecule has 25 heavy (non-hydrogen) atoms. The molecule has 0 amide bonds. The largest absolute Gasteiger partial charge is 0.462 e. The van der Waals surface area contributed by atoms with Gasteiger partial charge in [0.25, 0.3) is 0 Å². The number of esters is 1. The summed E-state index contributed by atoms with van der Waals surface area (Å²) in [6.45, 7) is 6.44. The van der Waals surface area contributed by atoms with Crippen LogP contribution in [0.25, 0.3) is 0 Å². The number of ether oxygens (including phenoxy) is 1. The summed E-state index contributed by atoms with van der Waals surface area (Å²) >= 11 is 0. The van der Waals surface area contributed by atoms with Crippen LogP contribution in [0, 0.1) is 5.92 Å². The third-order valence-electron chi connectivity index (χ3n) is 4.42. The van der Waals surface area contributed by atoms with Crippen LogP contribution >= 0.6 is 0 Å². The van der Waals surface area contributed by atoms with Crippen LogP contribution in [0.4, 0.5) is 17.5 Å². The molecule has 1 aliphatic rings. The van der Waals surface area contributed by atoms with Crippen molar-refractivity contribution in [2.75, 3.05) is 29.9 Å². The molecule has 1 aliphatic heterocycles. The summed E-state index contributed by atoms with van der Waals surface area (Å²) in [5.74, 6) is 1.81. The molecule has 0 bridgehead atoms. The summed E-state index contributed by atoms with van der Waals surface area (Å²) in [6.07, 6.45) is 4.10. The fourth-order valence-corrected chi connectivity index (χ4v) is 2.92. The second-order valence-corrected chi connectivity index (χ2v) is 6.30. The van der Waals surface area contributed by atoms with E-state index in [-0.39, 0.29) is 5.97 Å². The molecule has 3 rings (SSSR count). The number of para-hydroxylation sites is 1. The number of rotatable bonds is 5. The number of nitrogens with zero attached hydrogens (tertiary/aromatic N) is 3. The third kappa shape index (κ3) is 4.26. The average molecular weight is 340 g/mol. The van der Waals surface area contributed by atoms with Crippen molar-refractivity contribution in [3.63, 3.8) is 0 Å². The smallest absolute Gasteiger partial charge is 0.340 e. The monoisotopic (exact) mass is 340 g/mol. The molecular formula is C19H24N4O2. The highest BCUT2D eigenvalue weighted by molar-refractivity contribution is 5.96. The number of benzene rings is 1. The van der Waals surface area contributed by atoms with E-state index in [0.29, 0.717) is 23.8 Å². The minimum Gasteiger partial charge on any atom is -0.462 e. The topological polar surface area (TPSA) is 67.3 Å². The normalized spacial score (nSPS) is 15.0. The minimum absolute atomic E-state index is 0.340. The van der Waals surface area contributed by atoms with Crippen LogP contribution < -0.4 is 10.2 Å². The lowest BCUT2D eigenvalue weighted by Gasteiger charge is -2.31. The van der Waals surface area contributed by atoms with E-state index in [1.165, 1.54) is 12.8 Å². The number of carbonyl (C=O) groups is 1. The second-order valence-electron chi connectivity index (χ2n) is 6.30. The number of piperidine rings is 1. The Morgan fingerprint density at radius 2 is 2.04 bits per heavy atom. The summed E-state index contributed by atoms with van der Waals surface area (Å²) in [7, 11) is 0. The molecule has 1 fully saturated rings. The van der Waals surface area contributed by atoms with Crippen LogP contribution in [0.5, 0.6) is 0 Å². The first-order chi connectivity index (χ1) is 12.2. The van der Waals surface area contributed by atoms with Gasteiger partial charge in [-0.15, -0.1) is 0 Å². The quantitative estimate of drug-likeness (QED) is 0.838. The number of hydrogen-bond donors (Lipinski definition) is 1. The fourth-order valence-electron chi connectivity index (χ4n) is 2.92. The molecule has 0 unspecified atom stereocenters. The summed E-state index contributed by atoms with van der Waals surface area (Å²) in [5.41, 5.74) is 1.12. The van der Waals surface area contributed by atoms with E-state index in [9.17, 15) is 4.79 Å². The third-order valence-corrected chi connectivity index (χ3v) is 4.42. The van der Waals surface area contributed by atoms with Gasteiger partial charge >= 0.3 is 5.97 Å². The molecule has 2 aromatic rings. The molecule has 0 aliphatic carbocycles. The fraction of sp³-hybridized carbons (Fsp3) is 0.421. The van der Waals surface area contributed by atoms with Crippen molar-refractivity contribution >= 4 is 23.4 Å². The molecule has 6 nitrogen and oxygen atoms in total. The number of hydrogen-bond acceptors (Lipinski definition) is 6.